The highest BCUT2D eigenvalue weighted by Crippen LogP contribution is 2.31. The van der Waals surface area contributed by atoms with E-state index < -0.39 is 0 Å². The Morgan fingerprint density at radius 2 is 1.89 bits per heavy atom. The fourth-order valence-corrected chi connectivity index (χ4v) is 3.14. The number of rotatable bonds is 8. The molecule has 0 spiro atoms. The Morgan fingerprint density at radius 3 is 2.37 bits per heavy atom. The minimum atomic E-state index is 0.0633. The van der Waals surface area contributed by atoms with Crippen molar-refractivity contribution in [3.05, 3.63) is 15.6 Å². The first-order valence-corrected chi connectivity index (χ1v) is 7.54. The lowest BCUT2D eigenvalue weighted by Crippen LogP contribution is -2.21. The van der Waals surface area contributed by atoms with Crippen LogP contribution in [0.15, 0.2) is 0 Å². The summed E-state index contributed by atoms with van der Waals surface area (Å²) in [6.45, 7) is 9.98. The maximum atomic E-state index is 5.56. The van der Waals surface area contributed by atoms with Crippen LogP contribution in [0.2, 0.25) is 0 Å². The van der Waals surface area contributed by atoms with Crippen LogP contribution in [0.4, 0.5) is 0 Å². The largest absolute Gasteiger partial charge is 0.378 e. The van der Waals surface area contributed by atoms with Gasteiger partial charge in [0.2, 0.25) is 0 Å². The summed E-state index contributed by atoms with van der Waals surface area (Å²) in [6, 6.07) is 0.462. The van der Waals surface area contributed by atoms with Crippen LogP contribution in [0.5, 0.6) is 0 Å². The minimum Gasteiger partial charge on any atom is -0.378 e. The van der Waals surface area contributed by atoms with Crippen molar-refractivity contribution in [2.24, 2.45) is 5.92 Å². The van der Waals surface area contributed by atoms with Crippen LogP contribution in [0, 0.1) is 5.92 Å². The molecule has 0 saturated heterocycles. The van der Waals surface area contributed by atoms with E-state index in [-0.39, 0.29) is 6.10 Å². The summed E-state index contributed by atoms with van der Waals surface area (Å²) in [5.41, 5.74) is 1.03. The molecule has 0 aromatic carbocycles. The SMILES string of the molecule is COCc1nc(C(OC)C(C)C)sc1CNC(C)C. The second kappa shape index (κ2) is 7.94. The van der Waals surface area contributed by atoms with Crippen molar-refractivity contribution in [3.63, 3.8) is 0 Å². The number of hydrogen-bond donors (Lipinski definition) is 1. The molecule has 1 unspecified atom stereocenters. The molecule has 0 aliphatic heterocycles. The van der Waals surface area contributed by atoms with Crippen molar-refractivity contribution in [2.75, 3.05) is 14.2 Å². The predicted octanol–water partition coefficient (Wildman–Crippen LogP) is 3.13. The molecule has 0 aliphatic rings. The Labute approximate surface area is 120 Å². The quantitative estimate of drug-likeness (QED) is 0.797. The van der Waals surface area contributed by atoms with Gasteiger partial charge in [0.05, 0.1) is 12.3 Å². The molecule has 0 aliphatic carbocycles. The summed E-state index contributed by atoms with van der Waals surface area (Å²) >= 11 is 1.72. The van der Waals surface area contributed by atoms with Gasteiger partial charge in [-0.1, -0.05) is 27.7 Å². The lowest BCUT2D eigenvalue weighted by molar-refractivity contribution is 0.0640. The maximum absolute atomic E-state index is 5.56. The van der Waals surface area contributed by atoms with Crippen molar-refractivity contribution in [2.45, 2.75) is 53.0 Å². The van der Waals surface area contributed by atoms with Gasteiger partial charge in [0, 0.05) is 31.7 Å². The van der Waals surface area contributed by atoms with Crippen LogP contribution in [0.1, 0.15) is 49.4 Å². The summed E-state index contributed by atoms with van der Waals surface area (Å²) < 4.78 is 10.8. The van der Waals surface area contributed by atoms with E-state index in [1.165, 1.54) is 4.88 Å². The normalized spacial score (nSPS) is 13.5. The van der Waals surface area contributed by atoms with E-state index in [0.29, 0.717) is 18.6 Å². The number of nitrogens with zero attached hydrogens (tertiary/aromatic N) is 1. The zero-order valence-electron chi connectivity index (χ0n) is 12.8. The van der Waals surface area contributed by atoms with E-state index in [0.717, 1.165) is 17.2 Å². The molecule has 0 radical (unpaired) electrons. The third kappa shape index (κ3) is 4.84. The second-order valence-electron chi connectivity index (χ2n) is 5.29. The topological polar surface area (TPSA) is 43.4 Å². The molecule has 1 atom stereocenters. The van der Waals surface area contributed by atoms with Crippen molar-refractivity contribution >= 4 is 11.3 Å². The van der Waals surface area contributed by atoms with E-state index >= 15 is 0 Å². The molecule has 1 N–H and O–H groups in total. The molecule has 1 heterocycles. The van der Waals surface area contributed by atoms with Crippen LogP contribution in [0.25, 0.3) is 0 Å². The fourth-order valence-electron chi connectivity index (χ4n) is 1.87. The molecule has 0 bridgehead atoms. The van der Waals surface area contributed by atoms with Crippen molar-refractivity contribution in [3.8, 4) is 0 Å². The lowest BCUT2D eigenvalue weighted by atomic mass is 10.1. The molecule has 0 saturated carbocycles. The van der Waals surface area contributed by atoms with Crippen LogP contribution in [-0.4, -0.2) is 25.2 Å². The molecule has 0 fully saturated rings. The molecule has 1 aromatic heterocycles. The monoisotopic (exact) mass is 286 g/mol. The minimum absolute atomic E-state index is 0.0633. The molecule has 19 heavy (non-hydrogen) atoms. The van der Waals surface area contributed by atoms with Crippen LogP contribution in [-0.2, 0) is 22.6 Å². The third-order valence-corrected chi connectivity index (χ3v) is 4.01. The lowest BCUT2D eigenvalue weighted by Gasteiger charge is -2.16. The Kier molecular flexibility index (Phi) is 6.93. The zero-order chi connectivity index (χ0) is 14.4. The summed E-state index contributed by atoms with van der Waals surface area (Å²) in [7, 11) is 3.45. The molecule has 4 nitrogen and oxygen atoms in total. The molecule has 110 valence electrons. The van der Waals surface area contributed by atoms with Gasteiger partial charge >= 0.3 is 0 Å². The average molecular weight is 286 g/mol. The van der Waals surface area contributed by atoms with E-state index in [2.05, 4.69) is 33.0 Å². The Hall–Kier alpha value is -0.490. The van der Waals surface area contributed by atoms with Gasteiger partial charge in [0.1, 0.15) is 11.1 Å². The molecule has 5 heteroatoms. The standard InChI is InChI=1S/C14H26N2O2S/c1-9(2)13(18-6)14-16-11(8-17-5)12(19-14)7-15-10(3)4/h9-10,13,15H,7-8H2,1-6H3. The van der Waals surface area contributed by atoms with Gasteiger partial charge in [0.25, 0.3) is 0 Å². The molecular formula is C14H26N2O2S. The number of nitrogens with one attached hydrogen (secondary N) is 1. The van der Waals surface area contributed by atoms with Crippen LogP contribution < -0.4 is 5.32 Å². The van der Waals surface area contributed by atoms with E-state index in [9.17, 15) is 0 Å². The molecule has 0 amide bonds. The first-order chi connectivity index (χ1) is 8.99. The summed E-state index contributed by atoms with van der Waals surface area (Å²) in [4.78, 5) is 5.94. The van der Waals surface area contributed by atoms with Gasteiger partial charge in [-0.25, -0.2) is 4.98 Å². The van der Waals surface area contributed by atoms with E-state index in [4.69, 9.17) is 14.5 Å². The fraction of sp³-hybridized carbons (Fsp3) is 0.786. The van der Waals surface area contributed by atoms with Gasteiger partial charge in [-0.3, -0.25) is 0 Å². The van der Waals surface area contributed by atoms with Crippen molar-refractivity contribution in [1.29, 1.82) is 0 Å². The Morgan fingerprint density at radius 1 is 1.21 bits per heavy atom. The van der Waals surface area contributed by atoms with Gasteiger partial charge in [-0.2, -0.15) is 0 Å². The van der Waals surface area contributed by atoms with Crippen molar-refractivity contribution in [1.82, 2.24) is 10.3 Å². The van der Waals surface area contributed by atoms with Gasteiger partial charge in [-0.05, 0) is 5.92 Å². The van der Waals surface area contributed by atoms with Gasteiger partial charge < -0.3 is 14.8 Å². The van der Waals surface area contributed by atoms with E-state index in [1.54, 1.807) is 25.6 Å². The third-order valence-electron chi connectivity index (χ3n) is 2.85. The number of thiazole rings is 1. The van der Waals surface area contributed by atoms with Crippen molar-refractivity contribution < 1.29 is 9.47 Å². The van der Waals surface area contributed by atoms with Crippen LogP contribution in [0.3, 0.4) is 0 Å². The highest BCUT2D eigenvalue weighted by atomic mass is 32.1. The molecule has 1 aromatic rings. The highest BCUT2D eigenvalue weighted by molar-refractivity contribution is 7.11. The Balaban J connectivity index is 2.92. The van der Waals surface area contributed by atoms with Gasteiger partial charge in [0.15, 0.2) is 0 Å². The molecule has 1 rings (SSSR count). The number of methoxy groups -OCH3 is 2. The predicted molar refractivity (Wildman–Crippen MR) is 79.4 cm³/mol. The zero-order valence-corrected chi connectivity index (χ0v) is 13.6. The summed E-state index contributed by atoms with van der Waals surface area (Å²) in [5, 5.41) is 4.48. The number of ether oxygens (including phenoxy) is 2. The first-order valence-electron chi connectivity index (χ1n) is 6.73. The average Bonchev–Trinajstić information content (AvgIpc) is 2.70. The van der Waals surface area contributed by atoms with Gasteiger partial charge in [-0.15, -0.1) is 11.3 Å². The van der Waals surface area contributed by atoms with E-state index in [1.807, 2.05) is 0 Å². The number of hydrogen-bond acceptors (Lipinski definition) is 5. The van der Waals surface area contributed by atoms with Crippen LogP contribution >= 0.6 is 11.3 Å². The Bertz CT molecular complexity index is 378. The molecular weight excluding hydrogens is 260 g/mol. The summed E-state index contributed by atoms with van der Waals surface area (Å²) in [6.07, 6.45) is 0.0633. The highest BCUT2D eigenvalue weighted by Gasteiger charge is 2.21. The number of aromatic nitrogens is 1. The smallest absolute Gasteiger partial charge is 0.122 e. The second-order valence-corrected chi connectivity index (χ2v) is 6.41. The summed E-state index contributed by atoms with van der Waals surface area (Å²) in [5.74, 6) is 0.414. The maximum Gasteiger partial charge on any atom is 0.122 e. The first kappa shape index (κ1) is 16.6.